The summed E-state index contributed by atoms with van der Waals surface area (Å²) >= 11 is 0. The van der Waals surface area contributed by atoms with Gasteiger partial charge >= 0.3 is 0 Å². The number of nitrogens with zero attached hydrogens (tertiary/aromatic N) is 3. The number of aromatic nitrogens is 1. The monoisotopic (exact) mass is 443 g/mol. The van der Waals surface area contributed by atoms with Gasteiger partial charge in [0.1, 0.15) is 5.82 Å². The van der Waals surface area contributed by atoms with Gasteiger partial charge in [0.15, 0.2) is 0 Å². The first-order valence-electron chi connectivity index (χ1n) is 11.4. The van der Waals surface area contributed by atoms with Gasteiger partial charge in [-0.05, 0) is 61.9 Å². The third kappa shape index (κ3) is 3.85. The summed E-state index contributed by atoms with van der Waals surface area (Å²) in [5.41, 5.74) is 13.1. The van der Waals surface area contributed by atoms with Gasteiger partial charge in [-0.15, -0.1) is 0 Å². The molecule has 5 rings (SSSR count). The van der Waals surface area contributed by atoms with E-state index in [1.54, 1.807) is 0 Å². The molecule has 2 aromatic carbocycles. The topological polar surface area (TPSA) is 57.4 Å². The zero-order valence-electron chi connectivity index (χ0n) is 19.5. The molecule has 5 nitrogen and oxygen atoms in total. The van der Waals surface area contributed by atoms with Crippen LogP contribution in [-0.4, -0.2) is 43.1 Å². The van der Waals surface area contributed by atoms with Crippen LogP contribution in [0.25, 0.3) is 28.0 Å². The summed E-state index contributed by atoms with van der Waals surface area (Å²) in [7, 11) is 2.14. The van der Waals surface area contributed by atoms with Gasteiger partial charge in [0, 0.05) is 54.3 Å². The summed E-state index contributed by atoms with van der Waals surface area (Å²) in [6.45, 7) is 12.4. The van der Waals surface area contributed by atoms with Gasteiger partial charge in [0.25, 0.3) is 0 Å². The number of pyridine rings is 1. The number of nitrogens with one attached hydrogen (secondary N) is 1. The highest BCUT2D eigenvalue weighted by Crippen LogP contribution is 2.40. The maximum atomic E-state index is 14.9. The minimum absolute atomic E-state index is 0.188. The van der Waals surface area contributed by atoms with Crippen LogP contribution in [-0.2, 0) is 5.54 Å². The molecule has 33 heavy (non-hydrogen) atoms. The molecule has 1 aromatic heterocycles. The molecule has 3 N–H and O–H groups in total. The Labute approximate surface area is 194 Å². The van der Waals surface area contributed by atoms with Gasteiger partial charge < -0.3 is 20.9 Å². The second-order valence-corrected chi connectivity index (χ2v) is 9.59. The van der Waals surface area contributed by atoms with E-state index in [0.717, 1.165) is 65.4 Å². The van der Waals surface area contributed by atoms with E-state index >= 15 is 0 Å². The molecule has 0 bridgehead atoms. The largest absolute Gasteiger partial charge is 0.383 e. The number of piperazine rings is 1. The van der Waals surface area contributed by atoms with Crippen LogP contribution >= 0.6 is 0 Å². The van der Waals surface area contributed by atoms with Crippen molar-refractivity contribution in [2.75, 3.05) is 43.9 Å². The lowest BCUT2D eigenvalue weighted by Crippen LogP contribution is -2.44. The van der Waals surface area contributed by atoms with Crippen LogP contribution < -0.4 is 16.0 Å². The lowest BCUT2D eigenvalue weighted by molar-refractivity contribution is 0.313. The average molecular weight is 444 g/mol. The average Bonchev–Trinajstić information content (AvgIpc) is 3.02. The van der Waals surface area contributed by atoms with Gasteiger partial charge in [-0.2, -0.15) is 4.39 Å². The van der Waals surface area contributed by atoms with Crippen molar-refractivity contribution in [3.05, 3.63) is 72.2 Å². The fourth-order valence-corrected chi connectivity index (χ4v) is 4.86. The van der Waals surface area contributed by atoms with E-state index in [1.165, 1.54) is 0 Å². The molecule has 3 aromatic rings. The number of anilines is 2. The smallest absolute Gasteiger partial charge is 0.222 e. The standard InChI is InChI=1S/C27H30FN5/c1-17-21-10-7-19(15-24(21)27(2,3)31-17)23-16-22(25(28)30-26(23)29)18-5-8-20(9-6-18)33-13-11-32(4)12-14-33/h5-10,15-16,31H,1,11-14H2,2-4H3,(H2,29,30). The van der Waals surface area contributed by atoms with Gasteiger partial charge in [0.05, 0.1) is 5.54 Å². The van der Waals surface area contributed by atoms with E-state index in [2.05, 4.69) is 65.8 Å². The van der Waals surface area contributed by atoms with Crippen LogP contribution in [0.5, 0.6) is 0 Å². The van der Waals surface area contributed by atoms with Crippen LogP contribution in [0.3, 0.4) is 0 Å². The minimum Gasteiger partial charge on any atom is -0.383 e. The van der Waals surface area contributed by atoms with E-state index in [4.69, 9.17) is 5.73 Å². The number of hydrogen-bond donors (Lipinski definition) is 2. The number of fused-ring (bicyclic) bond motifs is 1. The Morgan fingerprint density at radius 1 is 0.939 bits per heavy atom. The van der Waals surface area contributed by atoms with E-state index in [0.29, 0.717) is 5.56 Å². The predicted octanol–water partition coefficient (Wildman–Crippen LogP) is 4.70. The Morgan fingerprint density at radius 2 is 1.61 bits per heavy atom. The Balaban J connectivity index is 1.50. The molecule has 0 aliphatic carbocycles. The van der Waals surface area contributed by atoms with Crippen molar-refractivity contribution < 1.29 is 4.39 Å². The highest BCUT2D eigenvalue weighted by Gasteiger charge is 2.32. The second-order valence-electron chi connectivity index (χ2n) is 9.59. The van der Waals surface area contributed by atoms with E-state index in [9.17, 15) is 4.39 Å². The zero-order chi connectivity index (χ0) is 23.3. The number of likely N-dealkylation sites (N-methyl/N-ethyl adjacent to an activating group) is 1. The number of nitrogens with two attached hydrogens (primary N) is 1. The van der Waals surface area contributed by atoms with Crippen molar-refractivity contribution in [1.82, 2.24) is 15.2 Å². The fraction of sp³-hybridized carbons (Fsp3) is 0.296. The van der Waals surface area contributed by atoms with Crippen molar-refractivity contribution in [1.29, 1.82) is 0 Å². The predicted molar refractivity (Wildman–Crippen MR) is 134 cm³/mol. The highest BCUT2D eigenvalue weighted by atomic mass is 19.1. The summed E-state index contributed by atoms with van der Waals surface area (Å²) in [4.78, 5) is 8.74. The van der Waals surface area contributed by atoms with Crippen LogP contribution in [0.2, 0.25) is 0 Å². The Hall–Kier alpha value is -3.38. The number of halogens is 1. The molecule has 2 aliphatic rings. The lowest BCUT2D eigenvalue weighted by atomic mass is 9.90. The first-order chi connectivity index (χ1) is 15.7. The molecule has 0 radical (unpaired) electrons. The Bertz CT molecular complexity index is 1220. The van der Waals surface area contributed by atoms with E-state index in [1.807, 2.05) is 30.3 Å². The first kappa shape index (κ1) is 21.5. The molecule has 0 spiro atoms. The molecule has 1 saturated heterocycles. The van der Waals surface area contributed by atoms with Crippen molar-refractivity contribution in [3.8, 4) is 22.3 Å². The van der Waals surface area contributed by atoms with Gasteiger partial charge in [0.2, 0.25) is 5.95 Å². The summed E-state index contributed by atoms with van der Waals surface area (Å²) < 4.78 is 14.9. The molecule has 1 fully saturated rings. The highest BCUT2D eigenvalue weighted by molar-refractivity contribution is 5.83. The van der Waals surface area contributed by atoms with Gasteiger partial charge in [-0.25, -0.2) is 4.98 Å². The maximum Gasteiger partial charge on any atom is 0.222 e. The minimum atomic E-state index is -0.555. The van der Waals surface area contributed by atoms with Crippen LogP contribution in [0.15, 0.2) is 55.1 Å². The Kier molecular flexibility index (Phi) is 5.13. The molecule has 0 atom stereocenters. The summed E-state index contributed by atoms with van der Waals surface area (Å²) in [5.74, 6) is -0.368. The van der Waals surface area contributed by atoms with E-state index in [-0.39, 0.29) is 11.4 Å². The number of benzene rings is 2. The van der Waals surface area contributed by atoms with Crippen molar-refractivity contribution in [2.24, 2.45) is 0 Å². The molecule has 0 unspecified atom stereocenters. The van der Waals surface area contributed by atoms with Crippen molar-refractivity contribution in [2.45, 2.75) is 19.4 Å². The van der Waals surface area contributed by atoms with E-state index < -0.39 is 5.95 Å². The lowest BCUT2D eigenvalue weighted by Gasteiger charge is -2.34. The molecule has 3 heterocycles. The molecular formula is C27H30FN5. The van der Waals surface area contributed by atoms with Crippen LogP contribution in [0.1, 0.15) is 25.0 Å². The second kappa shape index (κ2) is 7.89. The molecule has 0 amide bonds. The fourth-order valence-electron chi connectivity index (χ4n) is 4.86. The van der Waals surface area contributed by atoms with Crippen LogP contribution in [0, 0.1) is 5.95 Å². The molecule has 6 heteroatoms. The summed E-state index contributed by atoms with van der Waals surface area (Å²) in [5, 5.41) is 3.42. The summed E-state index contributed by atoms with van der Waals surface area (Å²) in [6, 6.07) is 16.0. The maximum absolute atomic E-state index is 14.9. The number of nitrogen functional groups attached to an aromatic ring is 1. The molecular weight excluding hydrogens is 413 g/mol. The third-order valence-electron chi connectivity index (χ3n) is 6.84. The van der Waals surface area contributed by atoms with Crippen molar-refractivity contribution in [3.63, 3.8) is 0 Å². The number of rotatable bonds is 3. The zero-order valence-corrected chi connectivity index (χ0v) is 19.5. The molecule has 0 saturated carbocycles. The van der Waals surface area contributed by atoms with Crippen molar-refractivity contribution >= 4 is 17.2 Å². The summed E-state index contributed by atoms with van der Waals surface area (Å²) in [6.07, 6.45) is 0. The first-order valence-corrected chi connectivity index (χ1v) is 11.4. The number of hydrogen-bond acceptors (Lipinski definition) is 5. The normalized spacial score (nSPS) is 17.7. The van der Waals surface area contributed by atoms with Crippen LogP contribution in [0.4, 0.5) is 15.9 Å². The quantitative estimate of drug-likeness (QED) is 0.575. The SMILES string of the molecule is C=C1NC(C)(C)c2cc(-c3cc(-c4ccc(N5CCN(C)CC5)cc4)c(F)nc3N)ccc21. The molecule has 170 valence electrons. The third-order valence-corrected chi connectivity index (χ3v) is 6.84. The van der Waals surface area contributed by atoms with Gasteiger partial charge in [-0.3, -0.25) is 0 Å². The molecule has 2 aliphatic heterocycles. The Morgan fingerprint density at radius 3 is 2.30 bits per heavy atom. The van der Waals surface area contributed by atoms with Gasteiger partial charge in [-0.1, -0.05) is 30.8 Å².